The summed E-state index contributed by atoms with van der Waals surface area (Å²) in [5.41, 5.74) is 0. The molecule has 0 bridgehead atoms. The van der Waals surface area contributed by atoms with Crippen LogP contribution in [-0.2, 0) is 19.1 Å². The lowest BCUT2D eigenvalue weighted by Crippen LogP contribution is -2.18. The van der Waals surface area contributed by atoms with E-state index in [2.05, 4.69) is 0 Å². The van der Waals surface area contributed by atoms with Crippen molar-refractivity contribution in [2.75, 3.05) is 13.7 Å². The third kappa shape index (κ3) is 7.02. The van der Waals surface area contributed by atoms with Crippen LogP contribution in [0.1, 0.15) is 6.92 Å². The number of hydrogen-bond donors (Lipinski definition) is 1. The summed E-state index contributed by atoms with van der Waals surface area (Å²) in [6.45, 7) is 1.93. The highest BCUT2D eigenvalue weighted by molar-refractivity contribution is 5.90. The number of aliphatic carboxylic acids is 1. The second-order valence-corrected chi connectivity index (χ2v) is 2.37. The Kier molecular flexibility index (Phi) is 5.54. The molecule has 5 nitrogen and oxygen atoms in total. The molecule has 0 amide bonds. The van der Waals surface area contributed by atoms with Gasteiger partial charge in [-0.25, -0.2) is 9.59 Å². The molecule has 0 aromatic heterocycles. The van der Waals surface area contributed by atoms with E-state index in [1.54, 1.807) is 6.92 Å². The van der Waals surface area contributed by atoms with E-state index in [9.17, 15) is 9.59 Å². The fourth-order valence-corrected chi connectivity index (χ4v) is 0.646. The molecular weight excluding hydrogens is 176 g/mol. The second-order valence-electron chi connectivity index (χ2n) is 2.37. The summed E-state index contributed by atoms with van der Waals surface area (Å²) in [7, 11) is 1.48. The first kappa shape index (κ1) is 11.6. The molecule has 1 N–H and O–H groups in total. The first-order chi connectivity index (χ1) is 6.06. The average Bonchev–Trinajstić information content (AvgIpc) is 2.01. The van der Waals surface area contributed by atoms with Crippen molar-refractivity contribution < 1.29 is 24.2 Å². The minimum absolute atomic E-state index is 0.284. The first-order valence-electron chi connectivity index (χ1n) is 3.66. The molecule has 0 aromatic rings. The Bertz CT molecular complexity index is 209. The lowest BCUT2D eigenvalue weighted by atomic mass is 10.4. The number of carboxylic acids is 1. The topological polar surface area (TPSA) is 72.8 Å². The van der Waals surface area contributed by atoms with Gasteiger partial charge >= 0.3 is 11.9 Å². The van der Waals surface area contributed by atoms with Crippen molar-refractivity contribution in [3.63, 3.8) is 0 Å². The number of carboxylic acid groups (broad SMARTS) is 1. The first-order valence-corrected chi connectivity index (χ1v) is 3.66. The summed E-state index contributed by atoms with van der Waals surface area (Å²) in [5, 5.41) is 8.18. The monoisotopic (exact) mass is 188 g/mol. The number of methoxy groups -OCH3 is 1. The summed E-state index contributed by atoms with van der Waals surface area (Å²) in [4.78, 5) is 20.8. The maximum Gasteiger partial charge on any atom is 0.331 e. The van der Waals surface area contributed by atoms with E-state index in [1.165, 1.54) is 7.11 Å². The molecule has 0 aliphatic rings. The van der Waals surface area contributed by atoms with Crippen molar-refractivity contribution >= 4 is 11.9 Å². The average molecular weight is 188 g/mol. The van der Waals surface area contributed by atoms with E-state index in [-0.39, 0.29) is 12.7 Å². The van der Waals surface area contributed by atoms with Gasteiger partial charge in [-0.15, -0.1) is 0 Å². The summed E-state index contributed by atoms with van der Waals surface area (Å²) < 4.78 is 9.44. The van der Waals surface area contributed by atoms with Crippen molar-refractivity contribution in [3.05, 3.63) is 12.2 Å². The zero-order chi connectivity index (χ0) is 10.3. The Labute approximate surface area is 75.9 Å². The predicted molar refractivity (Wildman–Crippen MR) is 44.2 cm³/mol. The Morgan fingerprint density at radius 1 is 1.46 bits per heavy atom. The van der Waals surface area contributed by atoms with Gasteiger partial charge < -0.3 is 14.6 Å². The van der Waals surface area contributed by atoms with E-state index in [1.807, 2.05) is 0 Å². The van der Waals surface area contributed by atoms with E-state index in [4.69, 9.17) is 14.6 Å². The largest absolute Gasteiger partial charge is 0.478 e. The standard InChI is InChI=1S/C8H12O5/c1-6(5-12-2)13-8(11)4-3-7(9)10/h3-4,6H,5H2,1-2H3,(H,9,10)/b4-3+. The highest BCUT2D eigenvalue weighted by atomic mass is 16.6. The molecule has 1 atom stereocenters. The number of esters is 1. The molecule has 5 heteroatoms. The fraction of sp³-hybridized carbons (Fsp3) is 0.500. The molecule has 13 heavy (non-hydrogen) atoms. The van der Waals surface area contributed by atoms with Gasteiger partial charge in [0.1, 0.15) is 6.10 Å². The zero-order valence-corrected chi connectivity index (χ0v) is 7.52. The van der Waals surface area contributed by atoms with E-state index in [0.29, 0.717) is 0 Å². The van der Waals surface area contributed by atoms with Crippen molar-refractivity contribution in [2.45, 2.75) is 13.0 Å². The third-order valence-corrected chi connectivity index (χ3v) is 1.08. The highest BCUT2D eigenvalue weighted by Crippen LogP contribution is 1.92. The maximum atomic E-state index is 10.8. The van der Waals surface area contributed by atoms with E-state index >= 15 is 0 Å². The van der Waals surface area contributed by atoms with Crippen LogP contribution in [-0.4, -0.2) is 36.9 Å². The van der Waals surface area contributed by atoms with Crippen LogP contribution < -0.4 is 0 Å². The van der Waals surface area contributed by atoms with Crippen molar-refractivity contribution in [2.24, 2.45) is 0 Å². The second kappa shape index (κ2) is 6.19. The third-order valence-electron chi connectivity index (χ3n) is 1.08. The van der Waals surface area contributed by atoms with Crippen LogP contribution in [0.3, 0.4) is 0 Å². The van der Waals surface area contributed by atoms with Crippen LogP contribution in [0.5, 0.6) is 0 Å². The Balaban J connectivity index is 3.80. The van der Waals surface area contributed by atoms with Gasteiger partial charge in [0, 0.05) is 19.3 Å². The molecule has 0 spiro atoms. The number of hydrogen-bond acceptors (Lipinski definition) is 4. The number of rotatable bonds is 5. The molecular formula is C8H12O5. The van der Waals surface area contributed by atoms with Crippen LogP contribution in [0.15, 0.2) is 12.2 Å². The molecule has 0 fully saturated rings. The predicted octanol–water partition coefficient (Wildman–Crippen LogP) is 0.205. The van der Waals surface area contributed by atoms with Crippen LogP contribution in [0.25, 0.3) is 0 Å². The quantitative estimate of drug-likeness (QED) is 0.493. The van der Waals surface area contributed by atoms with Gasteiger partial charge in [-0.3, -0.25) is 0 Å². The normalized spacial score (nSPS) is 12.8. The lowest BCUT2D eigenvalue weighted by molar-refractivity contribution is -0.144. The fourth-order valence-electron chi connectivity index (χ4n) is 0.646. The lowest BCUT2D eigenvalue weighted by Gasteiger charge is -2.09. The molecule has 0 rings (SSSR count). The zero-order valence-electron chi connectivity index (χ0n) is 7.52. The summed E-state index contributed by atoms with van der Waals surface area (Å²) >= 11 is 0. The van der Waals surface area contributed by atoms with Gasteiger partial charge in [0.25, 0.3) is 0 Å². The smallest absolute Gasteiger partial charge is 0.331 e. The Morgan fingerprint density at radius 2 is 2.08 bits per heavy atom. The van der Waals surface area contributed by atoms with Gasteiger partial charge in [0.05, 0.1) is 6.61 Å². The van der Waals surface area contributed by atoms with Gasteiger partial charge in [-0.1, -0.05) is 0 Å². The SMILES string of the molecule is COCC(C)OC(=O)/C=C/C(=O)O. The number of carbonyl (C=O) groups excluding carboxylic acids is 1. The summed E-state index contributed by atoms with van der Waals surface area (Å²) in [5.74, 6) is -1.87. The number of carbonyl (C=O) groups is 2. The minimum atomic E-state index is -1.18. The van der Waals surface area contributed by atoms with E-state index < -0.39 is 11.9 Å². The van der Waals surface area contributed by atoms with Gasteiger partial charge in [-0.2, -0.15) is 0 Å². The Hall–Kier alpha value is -1.36. The van der Waals surface area contributed by atoms with Crippen molar-refractivity contribution in [1.29, 1.82) is 0 Å². The molecule has 0 heterocycles. The van der Waals surface area contributed by atoms with E-state index in [0.717, 1.165) is 12.2 Å². The van der Waals surface area contributed by atoms with Crippen molar-refractivity contribution in [3.8, 4) is 0 Å². The van der Waals surface area contributed by atoms with Crippen LogP contribution in [0.4, 0.5) is 0 Å². The summed E-state index contributed by atoms with van der Waals surface area (Å²) in [6, 6.07) is 0. The summed E-state index contributed by atoms with van der Waals surface area (Å²) in [6.07, 6.45) is 1.20. The molecule has 0 saturated heterocycles. The molecule has 0 radical (unpaired) electrons. The minimum Gasteiger partial charge on any atom is -0.478 e. The van der Waals surface area contributed by atoms with Crippen LogP contribution in [0, 0.1) is 0 Å². The molecule has 0 aromatic carbocycles. The molecule has 74 valence electrons. The van der Waals surface area contributed by atoms with Crippen LogP contribution >= 0.6 is 0 Å². The molecule has 0 aliphatic carbocycles. The maximum absolute atomic E-state index is 10.8. The Morgan fingerprint density at radius 3 is 2.54 bits per heavy atom. The highest BCUT2D eigenvalue weighted by Gasteiger charge is 2.05. The van der Waals surface area contributed by atoms with Crippen LogP contribution in [0.2, 0.25) is 0 Å². The van der Waals surface area contributed by atoms with Gasteiger partial charge in [-0.05, 0) is 6.92 Å². The van der Waals surface area contributed by atoms with Gasteiger partial charge in [0.15, 0.2) is 0 Å². The molecule has 0 saturated carbocycles. The van der Waals surface area contributed by atoms with Crippen molar-refractivity contribution in [1.82, 2.24) is 0 Å². The van der Waals surface area contributed by atoms with Gasteiger partial charge in [0.2, 0.25) is 0 Å². The number of ether oxygens (including phenoxy) is 2. The molecule has 0 aliphatic heterocycles. The molecule has 1 unspecified atom stereocenters.